The first-order valence-corrected chi connectivity index (χ1v) is 8.22. The summed E-state index contributed by atoms with van der Waals surface area (Å²) in [5.41, 5.74) is 2.01. The van der Waals surface area contributed by atoms with E-state index in [0.717, 1.165) is 10.9 Å². The van der Waals surface area contributed by atoms with Gasteiger partial charge in [0.15, 0.2) is 5.69 Å². The summed E-state index contributed by atoms with van der Waals surface area (Å²) >= 11 is 5.23. The molecule has 0 saturated heterocycles. The Hall–Kier alpha value is -2.93. The number of ether oxygens (including phenoxy) is 1. The summed E-state index contributed by atoms with van der Waals surface area (Å²) < 4.78 is 7.04. The normalized spacial score (nSPS) is 11.1. The fraction of sp³-hybridized carbons (Fsp3) is 0.167. The number of para-hydroxylation sites is 3. The lowest BCUT2D eigenvalue weighted by atomic mass is 10.2. The van der Waals surface area contributed by atoms with E-state index < -0.39 is 0 Å². The van der Waals surface area contributed by atoms with E-state index in [1.54, 1.807) is 11.7 Å². The molecule has 0 amide bonds. The fourth-order valence-electron chi connectivity index (χ4n) is 2.67. The molecule has 1 aromatic heterocycles. The largest absolute Gasteiger partial charge is 0.495 e. The molecule has 0 spiro atoms. The van der Waals surface area contributed by atoms with Crippen LogP contribution in [0.4, 0.5) is 11.4 Å². The van der Waals surface area contributed by atoms with Gasteiger partial charge >= 0.3 is 0 Å². The smallest absolute Gasteiger partial charge is 0.220 e. The zero-order chi connectivity index (χ0) is 17.8. The number of thiocarbonyl (C=S) groups is 1. The van der Waals surface area contributed by atoms with Crippen molar-refractivity contribution in [2.75, 3.05) is 12.4 Å². The number of aromatic hydroxyl groups is 1. The molecule has 6 nitrogen and oxygen atoms in total. The molecule has 2 N–H and O–H groups in total. The summed E-state index contributed by atoms with van der Waals surface area (Å²) in [7, 11) is 1.59. The van der Waals surface area contributed by atoms with Crippen molar-refractivity contribution >= 4 is 39.6 Å². The van der Waals surface area contributed by atoms with Crippen molar-refractivity contribution in [3.8, 4) is 11.6 Å². The molecule has 1 heterocycles. The minimum Gasteiger partial charge on any atom is -0.495 e. The molecule has 3 aromatic rings. The number of hydrogen-bond donors (Lipinski definition) is 2. The average molecular weight is 354 g/mol. The van der Waals surface area contributed by atoms with E-state index in [2.05, 4.69) is 15.5 Å². The van der Waals surface area contributed by atoms with Gasteiger partial charge in [0.2, 0.25) is 11.0 Å². The highest BCUT2D eigenvalue weighted by molar-refractivity contribution is 7.80. The SMILES string of the molecule is CCn1c(O)c(N=NC(=S)Nc2ccccc2OC)c2ccccc21. The third-order valence-corrected chi connectivity index (χ3v) is 4.01. The van der Waals surface area contributed by atoms with Crippen molar-refractivity contribution in [1.29, 1.82) is 0 Å². The molecule has 25 heavy (non-hydrogen) atoms. The zero-order valence-corrected chi connectivity index (χ0v) is 14.7. The van der Waals surface area contributed by atoms with E-state index in [-0.39, 0.29) is 11.0 Å². The van der Waals surface area contributed by atoms with Crippen LogP contribution in [0.5, 0.6) is 11.6 Å². The summed E-state index contributed by atoms with van der Waals surface area (Å²) in [4.78, 5) is 0. The van der Waals surface area contributed by atoms with E-state index >= 15 is 0 Å². The summed E-state index contributed by atoms with van der Waals surface area (Å²) in [5, 5.41) is 22.6. The Bertz CT molecular complexity index is 949. The second kappa shape index (κ2) is 7.31. The maximum Gasteiger partial charge on any atom is 0.220 e. The summed E-state index contributed by atoms with van der Waals surface area (Å²) in [6.45, 7) is 2.59. The minimum atomic E-state index is 0.0764. The van der Waals surface area contributed by atoms with Crippen molar-refractivity contribution in [1.82, 2.24) is 4.57 Å². The second-order valence-corrected chi connectivity index (χ2v) is 5.65. The van der Waals surface area contributed by atoms with Gasteiger partial charge in [0.05, 0.1) is 18.3 Å². The van der Waals surface area contributed by atoms with Gasteiger partial charge in [0.1, 0.15) is 5.75 Å². The van der Waals surface area contributed by atoms with Gasteiger partial charge in [-0.3, -0.25) is 0 Å². The molecule has 0 unspecified atom stereocenters. The first-order chi connectivity index (χ1) is 12.2. The number of hydrogen-bond acceptors (Lipinski definition) is 4. The molecular formula is C18H18N4O2S. The van der Waals surface area contributed by atoms with Gasteiger partial charge in [0.25, 0.3) is 0 Å². The molecule has 7 heteroatoms. The number of aryl methyl sites for hydroxylation is 1. The number of nitrogens with one attached hydrogen (secondary N) is 1. The molecule has 0 saturated carbocycles. The number of benzene rings is 2. The van der Waals surface area contributed by atoms with Gasteiger partial charge in [-0.2, -0.15) is 0 Å². The molecule has 0 aliphatic carbocycles. The lowest BCUT2D eigenvalue weighted by Gasteiger charge is -2.08. The second-order valence-electron chi connectivity index (χ2n) is 5.26. The van der Waals surface area contributed by atoms with Gasteiger partial charge in [-0.25, -0.2) is 0 Å². The molecule has 0 aliphatic heterocycles. The molecule has 0 bridgehead atoms. The Morgan fingerprint density at radius 1 is 1.20 bits per heavy atom. The minimum absolute atomic E-state index is 0.0764. The summed E-state index contributed by atoms with van der Waals surface area (Å²) in [6, 6.07) is 15.0. The van der Waals surface area contributed by atoms with Crippen LogP contribution in [-0.4, -0.2) is 21.9 Å². The predicted octanol–water partition coefficient (Wildman–Crippen LogP) is 4.86. The van der Waals surface area contributed by atoms with Crippen LogP contribution in [0.3, 0.4) is 0 Å². The number of azo groups is 1. The number of methoxy groups -OCH3 is 1. The number of rotatable bonds is 4. The van der Waals surface area contributed by atoms with E-state index in [9.17, 15) is 5.11 Å². The van der Waals surface area contributed by atoms with Crippen molar-refractivity contribution in [3.05, 3.63) is 48.5 Å². The van der Waals surface area contributed by atoms with E-state index in [1.165, 1.54) is 0 Å². The number of nitrogens with zero attached hydrogens (tertiary/aromatic N) is 3. The van der Waals surface area contributed by atoms with Gasteiger partial charge in [-0.05, 0) is 37.3 Å². The van der Waals surface area contributed by atoms with E-state index in [0.29, 0.717) is 23.7 Å². The van der Waals surface area contributed by atoms with Gasteiger partial charge in [-0.15, -0.1) is 10.2 Å². The topological polar surface area (TPSA) is 71.1 Å². The Balaban J connectivity index is 1.88. The zero-order valence-electron chi connectivity index (χ0n) is 13.9. The Labute approximate surface area is 150 Å². The van der Waals surface area contributed by atoms with Gasteiger partial charge < -0.3 is 19.7 Å². The fourth-order valence-corrected chi connectivity index (χ4v) is 2.82. The highest BCUT2D eigenvalue weighted by Gasteiger charge is 2.15. The molecular weight excluding hydrogens is 336 g/mol. The Kier molecular flexibility index (Phi) is 4.95. The van der Waals surface area contributed by atoms with Crippen LogP contribution >= 0.6 is 12.2 Å². The Morgan fingerprint density at radius 3 is 2.68 bits per heavy atom. The monoisotopic (exact) mass is 354 g/mol. The van der Waals surface area contributed by atoms with Gasteiger partial charge in [-0.1, -0.05) is 30.3 Å². The highest BCUT2D eigenvalue weighted by Crippen LogP contribution is 2.38. The quantitative estimate of drug-likeness (QED) is 0.519. The van der Waals surface area contributed by atoms with Crippen LogP contribution in [0.1, 0.15) is 6.92 Å². The maximum absolute atomic E-state index is 10.4. The number of aromatic nitrogens is 1. The molecule has 2 aromatic carbocycles. The van der Waals surface area contributed by atoms with Crippen molar-refractivity contribution in [3.63, 3.8) is 0 Å². The van der Waals surface area contributed by atoms with Crippen molar-refractivity contribution < 1.29 is 9.84 Å². The maximum atomic E-state index is 10.4. The first-order valence-electron chi connectivity index (χ1n) is 7.81. The van der Waals surface area contributed by atoms with Crippen LogP contribution in [0.2, 0.25) is 0 Å². The Morgan fingerprint density at radius 2 is 1.92 bits per heavy atom. The van der Waals surface area contributed by atoms with Crippen LogP contribution < -0.4 is 10.1 Å². The molecule has 0 fully saturated rings. The molecule has 0 atom stereocenters. The van der Waals surface area contributed by atoms with Crippen LogP contribution in [0, 0.1) is 0 Å². The lowest BCUT2D eigenvalue weighted by molar-refractivity contribution is 0.417. The van der Waals surface area contributed by atoms with Crippen LogP contribution in [0.15, 0.2) is 58.8 Å². The van der Waals surface area contributed by atoms with Crippen molar-refractivity contribution in [2.24, 2.45) is 10.2 Å². The standard InChI is InChI=1S/C18H18N4O2S/c1-3-22-14-10-6-4-8-12(14)16(17(22)23)20-21-18(25)19-13-9-5-7-11-15(13)24-2/h4-11,23H,3H2,1-2H3,(H,19,25). The van der Waals surface area contributed by atoms with E-state index in [1.807, 2.05) is 55.5 Å². The third kappa shape index (κ3) is 3.32. The number of anilines is 1. The van der Waals surface area contributed by atoms with Crippen molar-refractivity contribution in [2.45, 2.75) is 13.5 Å². The predicted molar refractivity (Wildman–Crippen MR) is 103 cm³/mol. The summed E-state index contributed by atoms with van der Waals surface area (Å²) in [6.07, 6.45) is 0. The van der Waals surface area contributed by atoms with E-state index in [4.69, 9.17) is 17.0 Å². The lowest BCUT2D eigenvalue weighted by Crippen LogP contribution is -2.06. The number of fused-ring (bicyclic) bond motifs is 1. The van der Waals surface area contributed by atoms with Gasteiger partial charge in [0, 0.05) is 11.9 Å². The van der Waals surface area contributed by atoms with Crippen LogP contribution in [-0.2, 0) is 6.54 Å². The molecule has 0 aliphatic rings. The molecule has 0 radical (unpaired) electrons. The first kappa shape index (κ1) is 16.9. The summed E-state index contributed by atoms with van der Waals surface area (Å²) in [5.74, 6) is 0.734. The molecule has 3 rings (SSSR count). The molecule has 128 valence electrons. The average Bonchev–Trinajstić information content (AvgIpc) is 2.91. The van der Waals surface area contributed by atoms with Crippen LogP contribution in [0.25, 0.3) is 10.9 Å². The highest BCUT2D eigenvalue weighted by atomic mass is 32.1. The third-order valence-electron chi connectivity index (χ3n) is 3.82.